The van der Waals surface area contributed by atoms with Gasteiger partial charge in [0.15, 0.2) is 0 Å². The molecule has 1 unspecified atom stereocenters. The highest BCUT2D eigenvalue weighted by Gasteiger charge is 2.17. The molecule has 0 spiro atoms. The maximum atomic E-state index is 11.5. The van der Waals surface area contributed by atoms with Gasteiger partial charge in [0.2, 0.25) is 0 Å². The van der Waals surface area contributed by atoms with E-state index in [4.69, 9.17) is 4.74 Å². The molecule has 1 rings (SSSR count). The molecule has 0 aromatic heterocycles. The van der Waals surface area contributed by atoms with E-state index in [1.165, 1.54) is 0 Å². The largest absolute Gasteiger partial charge is 0.508 e. The van der Waals surface area contributed by atoms with Crippen LogP contribution in [0, 0.1) is 5.92 Å². The van der Waals surface area contributed by atoms with Gasteiger partial charge in [-0.1, -0.05) is 18.2 Å². The predicted molar refractivity (Wildman–Crippen MR) is 80.2 cm³/mol. The van der Waals surface area contributed by atoms with Crippen molar-refractivity contribution in [3.63, 3.8) is 0 Å². The molecule has 0 fully saturated rings. The van der Waals surface area contributed by atoms with Gasteiger partial charge >= 0.3 is 6.09 Å². The van der Waals surface area contributed by atoms with Crippen LogP contribution in [0.1, 0.15) is 32.8 Å². The third-order valence-corrected chi connectivity index (χ3v) is 2.88. The fraction of sp³-hybridized carbons (Fsp3) is 0.500. The number of aryl methyl sites for hydroxylation is 1. The summed E-state index contributed by atoms with van der Waals surface area (Å²) in [6.45, 7) is 5.57. The minimum absolute atomic E-state index is 0.224. The highest BCUT2D eigenvalue weighted by Crippen LogP contribution is 2.18. The Hall–Kier alpha value is -2.04. The number of amides is 1. The van der Waals surface area contributed by atoms with Gasteiger partial charge in [0.05, 0.1) is 0 Å². The highest BCUT2D eigenvalue weighted by atomic mass is 16.6. The van der Waals surface area contributed by atoms with E-state index < -0.39 is 11.7 Å². The maximum absolute atomic E-state index is 11.5. The summed E-state index contributed by atoms with van der Waals surface area (Å²) in [5.41, 5.74) is 0.234. The summed E-state index contributed by atoms with van der Waals surface area (Å²) in [7, 11) is 0. The molecular formula is C16H23NO4. The minimum Gasteiger partial charge on any atom is -0.508 e. The van der Waals surface area contributed by atoms with Crippen molar-refractivity contribution in [1.82, 2.24) is 5.32 Å². The molecule has 0 aliphatic heterocycles. The van der Waals surface area contributed by atoms with Gasteiger partial charge in [-0.2, -0.15) is 0 Å². The van der Waals surface area contributed by atoms with Crippen molar-refractivity contribution in [2.75, 3.05) is 6.54 Å². The van der Waals surface area contributed by atoms with Crippen LogP contribution in [0.5, 0.6) is 5.75 Å². The van der Waals surface area contributed by atoms with Crippen molar-refractivity contribution >= 4 is 12.4 Å². The first kappa shape index (κ1) is 17.0. The number of hydrogen-bond donors (Lipinski definition) is 2. The number of aromatic hydroxyl groups is 1. The van der Waals surface area contributed by atoms with Crippen LogP contribution in [0.4, 0.5) is 4.79 Å². The summed E-state index contributed by atoms with van der Waals surface area (Å²) in [5.74, 6) is -0.0839. The van der Waals surface area contributed by atoms with E-state index in [9.17, 15) is 14.7 Å². The molecule has 0 aliphatic carbocycles. The lowest BCUT2D eigenvalue weighted by Gasteiger charge is -2.20. The molecule has 2 N–H and O–H groups in total. The van der Waals surface area contributed by atoms with Gasteiger partial charge in [-0.3, -0.25) is 0 Å². The zero-order valence-electron chi connectivity index (χ0n) is 12.8. The lowest BCUT2D eigenvalue weighted by atomic mass is 10.00. The first-order chi connectivity index (χ1) is 9.81. The Labute approximate surface area is 125 Å². The van der Waals surface area contributed by atoms with E-state index in [1.54, 1.807) is 32.9 Å². The smallest absolute Gasteiger partial charge is 0.407 e. The monoisotopic (exact) mass is 293 g/mol. The SMILES string of the molecule is CC(C)(C)OC(=O)NCC(C=O)CCc1ccccc1O. The molecule has 21 heavy (non-hydrogen) atoms. The Bertz CT molecular complexity index is 479. The van der Waals surface area contributed by atoms with Gasteiger partial charge in [-0.25, -0.2) is 4.79 Å². The molecule has 0 bridgehead atoms. The van der Waals surface area contributed by atoms with Gasteiger partial charge in [0.1, 0.15) is 17.6 Å². The van der Waals surface area contributed by atoms with Crippen LogP contribution >= 0.6 is 0 Å². The van der Waals surface area contributed by atoms with Crippen LogP contribution in [0.25, 0.3) is 0 Å². The van der Waals surface area contributed by atoms with Crippen molar-refractivity contribution in [3.8, 4) is 5.75 Å². The third kappa shape index (κ3) is 6.79. The second-order valence-electron chi connectivity index (χ2n) is 5.95. The van der Waals surface area contributed by atoms with Gasteiger partial charge in [-0.15, -0.1) is 0 Å². The Morgan fingerprint density at radius 2 is 2.05 bits per heavy atom. The van der Waals surface area contributed by atoms with Crippen molar-refractivity contribution in [2.24, 2.45) is 5.92 Å². The molecule has 0 heterocycles. The number of benzene rings is 1. The first-order valence-corrected chi connectivity index (χ1v) is 7.01. The maximum Gasteiger partial charge on any atom is 0.407 e. The number of carbonyl (C=O) groups is 2. The first-order valence-electron chi connectivity index (χ1n) is 7.01. The molecule has 0 saturated carbocycles. The van der Waals surface area contributed by atoms with Crippen LogP contribution in [0.2, 0.25) is 0 Å². The van der Waals surface area contributed by atoms with Crippen LogP contribution in [0.3, 0.4) is 0 Å². The Balaban J connectivity index is 2.41. The summed E-state index contributed by atoms with van der Waals surface area (Å²) in [4.78, 5) is 22.6. The summed E-state index contributed by atoms with van der Waals surface area (Å²) in [6, 6.07) is 7.02. The topological polar surface area (TPSA) is 75.6 Å². The number of alkyl carbamates (subject to hydrolysis) is 1. The van der Waals surface area contributed by atoms with Gasteiger partial charge < -0.3 is 20.0 Å². The summed E-state index contributed by atoms with van der Waals surface area (Å²) < 4.78 is 5.11. The molecule has 5 heteroatoms. The number of ether oxygens (including phenoxy) is 1. The van der Waals surface area contributed by atoms with Crippen LogP contribution in [0.15, 0.2) is 24.3 Å². The molecule has 0 radical (unpaired) electrons. The summed E-state index contributed by atoms with van der Waals surface area (Å²) in [6.07, 6.45) is 1.41. The lowest BCUT2D eigenvalue weighted by Crippen LogP contribution is -2.35. The predicted octanol–water partition coefficient (Wildman–Crippen LogP) is 2.66. The Kier molecular flexibility index (Phi) is 6.21. The Morgan fingerprint density at radius 3 is 2.62 bits per heavy atom. The molecule has 1 aromatic rings. The van der Waals surface area contributed by atoms with Gasteiger partial charge in [0, 0.05) is 12.5 Å². The lowest BCUT2D eigenvalue weighted by molar-refractivity contribution is -0.111. The number of para-hydroxylation sites is 1. The fourth-order valence-corrected chi connectivity index (χ4v) is 1.81. The van der Waals surface area contributed by atoms with E-state index in [1.807, 2.05) is 12.1 Å². The van der Waals surface area contributed by atoms with Crippen molar-refractivity contribution in [3.05, 3.63) is 29.8 Å². The quantitative estimate of drug-likeness (QED) is 0.791. The van der Waals surface area contributed by atoms with Gasteiger partial charge in [-0.05, 0) is 45.2 Å². The molecule has 1 amide bonds. The molecule has 1 aromatic carbocycles. The van der Waals surface area contributed by atoms with Crippen LogP contribution in [-0.4, -0.2) is 29.6 Å². The normalized spacial score (nSPS) is 12.5. The fourth-order valence-electron chi connectivity index (χ4n) is 1.81. The molecule has 5 nitrogen and oxygen atoms in total. The molecular weight excluding hydrogens is 270 g/mol. The van der Waals surface area contributed by atoms with E-state index in [0.717, 1.165) is 11.8 Å². The number of aldehydes is 1. The number of carbonyl (C=O) groups excluding carboxylic acids is 2. The summed E-state index contributed by atoms with van der Waals surface area (Å²) >= 11 is 0. The second kappa shape index (κ2) is 7.67. The summed E-state index contributed by atoms with van der Waals surface area (Å²) in [5, 5.41) is 12.2. The zero-order chi connectivity index (χ0) is 15.9. The van der Waals surface area contributed by atoms with Crippen molar-refractivity contribution < 1.29 is 19.4 Å². The minimum atomic E-state index is -0.559. The van der Waals surface area contributed by atoms with E-state index >= 15 is 0 Å². The standard InChI is InChI=1S/C16H23NO4/c1-16(2,3)21-15(20)17-10-12(11-18)8-9-13-6-4-5-7-14(13)19/h4-7,11-12,19H,8-10H2,1-3H3,(H,17,20). The third-order valence-electron chi connectivity index (χ3n) is 2.88. The molecule has 1 atom stereocenters. The van der Waals surface area contributed by atoms with Crippen molar-refractivity contribution in [1.29, 1.82) is 0 Å². The second-order valence-corrected chi connectivity index (χ2v) is 5.95. The molecule has 116 valence electrons. The van der Waals surface area contributed by atoms with E-state index in [2.05, 4.69) is 5.32 Å². The highest BCUT2D eigenvalue weighted by molar-refractivity contribution is 5.68. The van der Waals surface area contributed by atoms with Crippen LogP contribution < -0.4 is 5.32 Å². The van der Waals surface area contributed by atoms with Crippen LogP contribution in [-0.2, 0) is 16.0 Å². The average molecular weight is 293 g/mol. The number of nitrogens with one attached hydrogen (secondary N) is 1. The average Bonchev–Trinajstić information content (AvgIpc) is 2.38. The number of phenols is 1. The van der Waals surface area contributed by atoms with E-state index in [0.29, 0.717) is 12.8 Å². The number of phenolic OH excluding ortho intramolecular Hbond substituents is 1. The van der Waals surface area contributed by atoms with E-state index in [-0.39, 0.29) is 18.2 Å². The van der Waals surface area contributed by atoms with Gasteiger partial charge in [0.25, 0.3) is 0 Å². The number of hydrogen-bond acceptors (Lipinski definition) is 4. The molecule has 0 saturated heterocycles. The Morgan fingerprint density at radius 1 is 1.38 bits per heavy atom. The van der Waals surface area contributed by atoms with Crippen molar-refractivity contribution in [2.45, 2.75) is 39.2 Å². The molecule has 0 aliphatic rings. The zero-order valence-corrected chi connectivity index (χ0v) is 12.8. The number of rotatable bonds is 6.